The van der Waals surface area contributed by atoms with Crippen molar-refractivity contribution in [2.24, 2.45) is 0 Å². The molecule has 0 saturated carbocycles. The standard InChI is InChI=1S/C10H7FSe/c11-9-5-3-8(4-6-9)10-2-1-7-12-10/h1-7H. The maximum absolute atomic E-state index is 12.5. The van der Waals surface area contributed by atoms with Gasteiger partial charge in [-0.25, -0.2) is 0 Å². The third-order valence-electron chi connectivity index (χ3n) is 1.65. The molecule has 0 aliphatic rings. The summed E-state index contributed by atoms with van der Waals surface area (Å²) in [6.45, 7) is 0. The summed E-state index contributed by atoms with van der Waals surface area (Å²) >= 11 is 0.442. The van der Waals surface area contributed by atoms with Gasteiger partial charge in [0, 0.05) is 0 Å². The molecule has 12 heavy (non-hydrogen) atoms. The number of hydrogen-bond donors (Lipinski definition) is 0. The van der Waals surface area contributed by atoms with Gasteiger partial charge in [0.15, 0.2) is 0 Å². The van der Waals surface area contributed by atoms with Gasteiger partial charge < -0.3 is 0 Å². The molecule has 0 saturated heterocycles. The van der Waals surface area contributed by atoms with Crippen molar-refractivity contribution >= 4 is 14.5 Å². The molecule has 1 heterocycles. The second-order valence-corrected chi connectivity index (χ2v) is 4.47. The van der Waals surface area contributed by atoms with E-state index in [-0.39, 0.29) is 5.82 Å². The van der Waals surface area contributed by atoms with Gasteiger partial charge in [0.25, 0.3) is 0 Å². The molecule has 60 valence electrons. The van der Waals surface area contributed by atoms with Crippen molar-refractivity contribution in [2.45, 2.75) is 0 Å². The third kappa shape index (κ3) is 1.50. The van der Waals surface area contributed by atoms with Crippen molar-refractivity contribution in [3.8, 4) is 10.0 Å². The minimum absolute atomic E-state index is 0.169. The molecule has 1 aromatic carbocycles. The Hall–Kier alpha value is -0.851. The monoisotopic (exact) mass is 226 g/mol. The number of hydrogen-bond acceptors (Lipinski definition) is 0. The first-order valence-corrected chi connectivity index (χ1v) is 5.50. The summed E-state index contributed by atoms with van der Waals surface area (Å²) in [6, 6.07) is 10.8. The Morgan fingerprint density at radius 3 is 2.33 bits per heavy atom. The molecule has 2 rings (SSSR count). The molecule has 0 bridgehead atoms. The van der Waals surface area contributed by atoms with Crippen LogP contribution in [0.25, 0.3) is 10.0 Å². The first-order chi connectivity index (χ1) is 5.86. The van der Waals surface area contributed by atoms with E-state index < -0.39 is 0 Å². The fourth-order valence-corrected chi connectivity index (χ4v) is 2.59. The molecular formula is C10H7FSe. The van der Waals surface area contributed by atoms with Crippen molar-refractivity contribution < 1.29 is 4.39 Å². The van der Waals surface area contributed by atoms with E-state index in [1.54, 1.807) is 0 Å². The first-order valence-electron chi connectivity index (χ1n) is 3.66. The number of halogens is 1. The van der Waals surface area contributed by atoms with Crippen molar-refractivity contribution in [3.63, 3.8) is 0 Å². The van der Waals surface area contributed by atoms with Crippen LogP contribution in [0.5, 0.6) is 0 Å². The normalized spacial score (nSPS) is 10.1. The Balaban J connectivity index is 2.43. The number of benzene rings is 1. The van der Waals surface area contributed by atoms with E-state index in [0.717, 1.165) is 5.56 Å². The fourth-order valence-electron chi connectivity index (χ4n) is 1.06. The van der Waals surface area contributed by atoms with E-state index in [4.69, 9.17) is 0 Å². The van der Waals surface area contributed by atoms with Crippen molar-refractivity contribution in [3.05, 3.63) is 47.2 Å². The Kier molecular flexibility index (Phi) is 2.11. The third-order valence-corrected chi connectivity index (χ3v) is 3.58. The van der Waals surface area contributed by atoms with Crippen LogP contribution in [0.3, 0.4) is 0 Å². The molecule has 1 aromatic heterocycles. The van der Waals surface area contributed by atoms with E-state index in [1.165, 1.54) is 16.6 Å². The summed E-state index contributed by atoms with van der Waals surface area (Å²) in [5, 5.41) is 0. The average molecular weight is 225 g/mol. The van der Waals surface area contributed by atoms with Crippen LogP contribution >= 0.6 is 0 Å². The van der Waals surface area contributed by atoms with Crippen molar-refractivity contribution in [1.29, 1.82) is 0 Å². The summed E-state index contributed by atoms with van der Waals surface area (Å²) in [7, 11) is 0. The Bertz CT molecular complexity index is 348. The van der Waals surface area contributed by atoms with Gasteiger partial charge >= 0.3 is 76.1 Å². The quantitative estimate of drug-likeness (QED) is 0.654. The van der Waals surface area contributed by atoms with E-state index in [0.29, 0.717) is 14.5 Å². The van der Waals surface area contributed by atoms with Gasteiger partial charge in [-0.3, -0.25) is 0 Å². The zero-order chi connectivity index (χ0) is 8.39. The molecule has 2 aromatic rings. The Labute approximate surface area is 76.4 Å². The SMILES string of the molecule is Fc1ccc(-c2ccc[se]2)cc1. The predicted octanol–water partition coefficient (Wildman–Crippen LogP) is 2.55. The molecule has 0 fully saturated rings. The van der Waals surface area contributed by atoms with E-state index in [2.05, 4.69) is 17.1 Å². The average Bonchev–Trinajstić information content (AvgIpc) is 2.58. The topological polar surface area (TPSA) is 0 Å². The molecule has 0 amide bonds. The van der Waals surface area contributed by atoms with E-state index in [1.807, 2.05) is 12.1 Å². The summed E-state index contributed by atoms with van der Waals surface area (Å²) < 4.78 is 13.9. The molecule has 2 heteroatoms. The molecule has 0 spiro atoms. The van der Waals surface area contributed by atoms with E-state index in [9.17, 15) is 4.39 Å². The van der Waals surface area contributed by atoms with Crippen LogP contribution in [0, 0.1) is 5.82 Å². The van der Waals surface area contributed by atoms with Crippen LogP contribution in [-0.4, -0.2) is 14.5 Å². The molecule has 0 radical (unpaired) electrons. The minimum atomic E-state index is -0.169. The zero-order valence-corrected chi connectivity index (χ0v) is 8.04. The molecule has 0 nitrogen and oxygen atoms in total. The number of rotatable bonds is 1. The second-order valence-electron chi connectivity index (χ2n) is 2.48. The molecule has 0 aliphatic heterocycles. The van der Waals surface area contributed by atoms with Crippen molar-refractivity contribution in [2.75, 3.05) is 0 Å². The predicted molar refractivity (Wildman–Crippen MR) is 48.8 cm³/mol. The van der Waals surface area contributed by atoms with Gasteiger partial charge in [0.05, 0.1) is 0 Å². The van der Waals surface area contributed by atoms with Crippen LogP contribution in [0.15, 0.2) is 41.3 Å². The van der Waals surface area contributed by atoms with Crippen molar-refractivity contribution in [1.82, 2.24) is 0 Å². The second kappa shape index (κ2) is 3.26. The molecule has 0 atom stereocenters. The zero-order valence-electron chi connectivity index (χ0n) is 6.33. The molecule has 0 aliphatic carbocycles. The van der Waals surface area contributed by atoms with Crippen LogP contribution in [0.1, 0.15) is 0 Å². The van der Waals surface area contributed by atoms with Crippen LogP contribution < -0.4 is 0 Å². The first kappa shape index (κ1) is 7.78. The fraction of sp³-hybridized carbons (Fsp3) is 0. The summed E-state index contributed by atoms with van der Waals surface area (Å²) in [6.07, 6.45) is 0. The van der Waals surface area contributed by atoms with E-state index >= 15 is 0 Å². The van der Waals surface area contributed by atoms with Gasteiger partial charge in [-0.1, -0.05) is 0 Å². The van der Waals surface area contributed by atoms with Gasteiger partial charge in [-0.05, 0) is 0 Å². The maximum atomic E-state index is 12.5. The van der Waals surface area contributed by atoms with Gasteiger partial charge in [0.2, 0.25) is 0 Å². The Morgan fingerprint density at radius 2 is 1.75 bits per heavy atom. The van der Waals surface area contributed by atoms with Gasteiger partial charge in [0.1, 0.15) is 0 Å². The molecule has 0 unspecified atom stereocenters. The summed E-state index contributed by atoms with van der Waals surface area (Å²) in [4.78, 5) is 2.16. The van der Waals surface area contributed by atoms with Crippen LogP contribution in [0.2, 0.25) is 0 Å². The summed E-state index contributed by atoms with van der Waals surface area (Å²) in [5.41, 5.74) is 1.14. The van der Waals surface area contributed by atoms with Crippen LogP contribution in [-0.2, 0) is 0 Å². The Morgan fingerprint density at radius 1 is 1.00 bits per heavy atom. The van der Waals surface area contributed by atoms with Gasteiger partial charge in [-0.2, -0.15) is 0 Å². The molecular weight excluding hydrogens is 218 g/mol. The van der Waals surface area contributed by atoms with Crippen LogP contribution in [0.4, 0.5) is 4.39 Å². The molecule has 0 N–H and O–H groups in total. The summed E-state index contributed by atoms with van der Waals surface area (Å²) in [5.74, 6) is -0.169. The van der Waals surface area contributed by atoms with Gasteiger partial charge in [-0.15, -0.1) is 0 Å².